The normalized spacial score (nSPS) is 15.3. The number of aliphatic hydroxyl groups is 2. The summed E-state index contributed by atoms with van der Waals surface area (Å²) >= 11 is 0. The lowest BCUT2D eigenvalue weighted by atomic mass is 9.92. The van der Waals surface area contributed by atoms with Gasteiger partial charge in [0.25, 0.3) is 0 Å². The van der Waals surface area contributed by atoms with Crippen LogP contribution in [0.4, 0.5) is 0 Å². The van der Waals surface area contributed by atoms with Crippen molar-refractivity contribution >= 4 is 84.6 Å². The Hall–Kier alpha value is 1.69. The van der Waals surface area contributed by atoms with Crippen molar-refractivity contribution in [2.24, 2.45) is 5.41 Å². The van der Waals surface area contributed by atoms with E-state index in [1.807, 2.05) is 0 Å². The Bertz CT molecular complexity index is 975. The van der Waals surface area contributed by atoms with Crippen molar-refractivity contribution in [1.82, 2.24) is 0 Å². The summed E-state index contributed by atoms with van der Waals surface area (Å²) in [5.41, 5.74) is -0.929. The molecule has 0 aliphatic rings. The SMILES string of the molecule is C[Si](C)(C)O[Si](C)(C)O[Si](C)(CCCOCC(CO)(CO)COCCC[Si](C)(O[Si](C)(C)O[Si](C)(C)C)O[Si](C)(C)O[Si](C)(C)C)O[Si](C)(C)O[Si](C)(C)C. The largest absolute Gasteiger partial charge is 0.437 e. The minimum atomic E-state index is -2.74. The first kappa shape index (κ1) is 56.7. The summed E-state index contributed by atoms with van der Waals surface area (Å²) in [4.78, 5) is 0. The molecule has 0 aromatic rings. The van der Waals surface area contributed by atoms with E-state index < -0.39 is 90.1 Å². The molecule has 0 aliphatic heterocycles. The van der Waals surface area contributed by atoms with Gasteiger partial charge < -0.3 is 52.6 Å². The van der Waals surface area contributed by atoms with Crippen LogP contribution in [0.3, 0.4) is 0 Å². The van der Waals surface area contributed by atoms with E-state index in [1.165, 1.54) is 0 Å². The van der Waals surface area contributed by atoms with Gasteiger partial charge in [-0.3, -0.25) is 0 Å². The molecule has 0 saturated carbocycles. The van der Waals surface area contributed by atoms with Crippen LogP contribution in [0.5, 0.6) is 0 Å². The predicted molar refractivity (Wildman–Crippen MR) is 252 cm³/mol. The van der Waals surface area contributed by atoms with E-state index in [-0.39, 0.29) is 26.4 Å². The minimum absolute atomic E-state index is 0.165. The summed E-state index contributed by atoms with van der Waals surface area (Å²) in [6.45, 7) is 48.1. The van der Waals surface area contributed by atoms with Crippen molar-refractivity contribution in [3.05, 3.63) is 0 Å². The molecule has 332 valence electrons. The topological polar surface area (TPSA) is 133 Å². The molecular weight excluding hydrogens is 869 g/mol. The Labute approximate surface area is 349 Å². The van der Waals surface area contributed by atoms with Gasteiger partial charge >= 0.3 is 51.4 Å². The van der Waals surface area contributed by atoms with Gasteiger partial charge in [0.15, 0.2) is 33.3 Å². The fourth-order valence-electron chi connectivity index (χ4n) is 7.20. The molecular formula is C33H88O12Si10. The summed E-state index contributed by atoms with van der Waals surface area (Å²) in [5, 5.41) is 20.8. The molecule has 0 unspecified atom stereocenters. The molecule has 12 nitrogen and oxygen atoms in total. The Kier molecular flexibility index (Phi) is 22.3. The summed E-state index contributed by atoms with van der Waals surface area (Å²) in [7, 11) is -22.8. The maximum absolute atomic E-state index is 10.4. The van der Waals surface area contributed by atoms with Crippen molar-refractivity contribution in [1.29, 1.82) is 0 Å². The molecule has 22 heteroatoms. The fourth-order valence-corrected chi connectivity index (χ4v) is 53.9. The molecule has 0 fully saturated rings. The Morgan fingerprint density at radius 2 is 0.564 bits per heavy atom. The van der Waals surface area contributed by atoms with Gasteiger partial charge in [-0.25, -0.2) is 0 Å². The zero-order valence-electron chi connectivity index (χ0n) is 39.5. The summed E-state index contributed by atoms with van der Waals surface area (Å²) in [6.07, 6.45) is 1.41. The molecule has 0 amide bonds. The van der Waals surface area contributed by atoms with E-state index in [2.05, 4.69) is 144 Å². The second-order valence-corrected chi connectivity index (χ2v) is 61.4. The van der Waals surface area contributed by atoms with Crippen molar-refractivity contribution in [2.75, 3.05) is 39.6 Å². The average molecular weight is 958 g/mol. The van der Waals surface area contributed by atoms with Crippen molar-refractivity contribution in [2.45, 2.75) is 169 Å². The smallest absolute Gasteiger partial charge is 0.317 e. The highest BCUT2D eigenvalue weighted by molar-refractivity contribution is 6.92. The highest BCUT2D eigenvalue weighted by Crippen LogP contribution is 2.31. The van der Waals surface area contributed by atoms with E-state index in [0.717, 1.165) is 0 Å². The molecule has 55 heavy (non-hydrogen) atoms. The minimum Gasteiger partial charge on any atom is -0.437 e. The molecule has 2 N–H and O–H groups in total. The second-order valence-electron chi connectivity index (χ2n) is 21.3. The third-order valence-corrected chi connectivity index (χ3v) is 42.3. The molecule has 0 radical (unpaired) electrons. The molecule has 0 saturated heterocycles. The van der Waals surface area contributed by atoms with Gasteiger partial charge in [0.2, 0.25) is 0 Å². The third-order valence-electron chi connectivity index (χ3n) is 7.38. The molecule has 0 atom stereocenters. The maximum atomic E-state index is 10.4. The maximum Gasteiger partial charge on any atom is 0.317 e. The molecule has 0 bridgehead atoms. The van der Waals surface area contributed by atoms with Crippen LogP contribution in [-0.4, -0.2) is 134 Å². The first-order valence-electron chi connectivity index (χ1n) is 20.2. The van der Waals surface area contributed by atoms with Crippen LogP contribution in [-0.2, 0) is 42.4 Å². The predicted octanol–water partition coefficient (Wildman–Crippen LogP) is 9.19. The van der Waals surface area contributed by atoms with Gasteiger partial charge in [0.1, 0.15) is 0 Å². The van der Waals surface area contributed by atoms with Crippen LogP contribution in [0.2, 0.25) is 156 Å². The fraction of sp³-hybridized carbons (Fsp3) is 1.00. The second kappa shape index (κ2) is 21.7. The zero-order chi connectivity index (χ0) is 43.6. The molecule has 0 heterocycles. The van der Waals surface area contributed by atoms with Gasteiger partial charge in [-0.2, -0.15) is 0 Å². The van der Waals surface area contributed by atoms with Crippen LogP contribution >= 0.6 is 0 Å². The number of hydrogen-bond acceptors (Lipinski definition) is 12. The van der Waals surface area contributed by atoms with Crippen molar-refractivity contribution < 1.29 is 52.6 Å². The summed E-state index contributed by atoms with van der Waals surface area (Å²) in [6, 6.07) is 1.42. The molecule has 0 spiro atoms. The van der Waals surface area contributed by atoms with E-state index in [9.17, 15) is 10.2 Å². The molecule has 0 rings (SSSR count). The average Bonchev–Trinajstić information content (AvgIpc) is 2.84. The number of hydrogen-bond donors (Lipinski definition) is 2. The highest BCUT2D eigenvalue weighted by Gasteiger charge is 2.48. The van der Waals surface area contributed by atoms with Crippen LogP contribution in [0.25, 0.3) is 0 Å². The van der Waals surface area contributed by atoms with Gasteiger partial charge in [-0.05, 0) is 169 Å². The highest BCUT2D eigenvalue weighted by atomic mass is 28.5. The van der Waals surface area contributed by atoms with E-state index in [1.54, 1.807) is 0 Å². The summed E-state index contributed by atoms with van der Waals surface area (Å²) in [5.74, 6) is 0. The first-order chi connectivity index (χ1) is 24.2. The quantitative estimate of drug-likeness (QED) is 0.0526. The Morgan fingerprint density at radius 3 is 0.745 bits per heavy atom. The monoisotopic (exact) mass is 956 g/mol. The standard InChI is InChI=1S/C33H88O12Si10/c1-46(2,3)38-50(13,14)42-54(21,43-51(15,16)39-47(4,5)6)27-23-25-36-31-33(29-34,30-35)32-37-26-24-28-55(22,44-52(17,18)40-48(7,8)9)45-53(19,20)41-49(10,11)12/h34-35H,23-32H2,1-22H3. The summed E-state index contributed by atoms with van der Waals surface area (Å²) < 4.78 is 66.1. The zero-order valence-corrected chi connectivity index (χ0v) is 49.5. The van der Waals surface area contributed by atoms with E-state index >= 15 is 0 Å². The first-order valence-corrected chi connectivity index (χ1v) is 50.1. The van der Waals surface area contributed by atoms with E-state index in [0.29, 0.717) is 38.1 Å². The van der Waals surface area contributed by atoms with Crippen molar-refractivity contribution in [3.63, 3.8) is 0 Å². The van der Waals surface area contributed by atoms with Gasteiger partial charge in [0, 0.05) is 13.2 Å². The Morgan fingerprint density at radius 1 is 0.345 bits per heavy atom. The van der Waals surface area contributed by atoms with Crippen LogP contribution in [0.1, 0.15) is 12.8 Å². The van der Waals surface area contributed by atoms with Crippen LogP contribution in [0.15, 0.2) is 0 Å². The lowest BCUT2D eigenvalue weighted by molar-refractivity contribution is -0.0768. The Balaban J connectivity index is 5.59. The lowest BCUT2D eigenvalue weighted by Crippen LogP contribution is -2.59. The van der Waals surface area contributed by atoms with Crippen LogP contribution < -0.4 is 0 Å². The molecule has 0 aromatic heterocycles. The third kappa shape index (κ3) is 28.0. The number of aliphatic hydroxyl groups excluding tert-OH is 2. The van der Waals surface area contributed by atoms with Gasteiger partial charge in [-0.15, -0.1) is 0 Å². The van der Waals surface area contributed by atoms with Gasteiger partial charge in [0.05, 0.1) is 31.8 Å². The number of rotatable bonds is 30. The van der Waals surface area contributed by atoms with Gasteiger partial charge in [-0.1, -0.05) is 0 Å². The van der Waals surface area contributed by atoms with Crippen LogP contribution in [0, 0.1) is 5.41 Å². The van der Waals surface area contributed by atoms with E-state index in [4.69, 9.17) is 42.4 Å². The number of ether oxygens (including phenoxy) is 2. The van der Waals surface area contributed by atoms with Crippen molar-refractivity contribution in [3.8, 4) is 0 Å². The molecule has 0 aromatic carbocycles. The molecule has 0 aliphatic carbocycles. The lowest BCUT2D eigenvalue weighted by Gasteiger charge is -2.43.